The first-order chi connectivity index (χ1) is 8.25. The summed E-state index contributed by atoms with van der Waals surface area (Å²) in [6.07, 6.45) is 5.09. The van der Waals surface area contributed by atoms with Gasteiger partial charge in [0.2, 0.25) is 0 Å². The second-order valence-electron chi connectivity index (χ2n) is 3.51. The summed E-state index contributed by atoms with van der Waals surface area (Å²) in [5.41, 5.74) is 0.762. The van der Waals surface area contributed by atoms with Crippen LogP contribution in [0.2, 0.25) is 5.02 Å². The minimum absolute atomic E-state index is 0.0610. The molecule has 0 aliphatic carbocycles. The van der Waals surface area contributed by atoms with Crippen molar-refractivity contribution in [2.75, 3.05) is 0 Å². The molecule has 5 heteroatoms. The molecular formula is C12H7ClN2OS. The van der Waals surface area contributed by atoms with E-state index in [1.165, 1.54) is 11.3 Å². The van der Waals surface area contributed by atoms with Gasteiger partial charge in [0, 0.05) is 18.6 Å². The molecule has 0 spiro atoms. The first kappa shape index (κ1) is 10.5. The van der Waals surface area contributed by atoms with Gasteiger partial charge >= 0.3 is 0 Å². The van der Waals surface area contributed by atoms with Gasteiger partial charge in [-0.3, -0.25) is 14.3 Å². The lowest BCUT2D eigenvalue weighted by atomic mass is 10.3. The number of thiophene rings is 1. The zero-order valence-electron chi connectivity index (χ0n) is 8.63. The molecule has 0 fully saturated rings. The third-order valence-corrected chi connectivity index (χ3v) is 3.99. The topological polar surface area (TPSA) is 34.9 Å². The van der Waals surface area contributed by atoms with E-state index < -0.39 is 0 Å². The molecule has 0 saturated carbocycles. The monoisotopic (exact) mass is 262 g/mol. The van der Waals surface area contributed by atoms with E-state index in [4.69, 9.17) is 11.6 Å². The van der Waals surface area contributed by atoms with Crippen LogP contribution in [0.25, 0.3) is 10.2 Å². The molecule has 0 atom stereocenters. The van der Waals surface area contributed by atoms with E-state index in [-0.39, 0.29) is 5.91 Å². The molecule has 0 amide bonds. The zero-order chi connectivity index (χ0) is 11.8. The van der Waals surface area contributed by atoms with Crippen LogP contribution >= 0.6 is 22.9 Å². The Kier molecular flexibility index (Phi) is 2.46. The van der Waals surface area contributed by atoms with Crippen LogP contribution in [0.3, 0.4) is 0 Å². The molecule has 0 saturated heterocycles. The average molecular weight is 263 g/mol. The van der Waals surface area contributed by atoms with Gasteiger partial charge in [-0.15, -0.1) is 11.3 Å². The van der Waals surface area contributed by atoms with E-state index in [2.05, 4.69) is 4.98 Å². The number of fused-ring (bicyclic) bond motifs is 1. The first-order valence-corrected chi connectivity index (χ1v) is 6.17. The highest BCUT2D eigenvalue weighted by molar-refractivity contribution is 7.21. The summed E-state index contributed by atoms with van der Waals surface area (Å²) in [7, 11) is 0. The molecule has 0 aromatic carbocycles. The molecule has 0 N–H and O–H groups in total. The highest BCUT2D eigenvalue weighted by Gasteiger charge is 2.13. The fourth-order valence-electron chi connectivity index (χ4n) is 1.61. The van der Waals surface area contributed by atoms with Gasteiger partial charge in [-0.2, -0.15) is 0 Å². The van der Waals surface area contributed by atoms with Gasteiger partial charge in [0.05, 0.1) is 20.1 Å². The van der Waals surface area contributed by atoms with Crippen LogP contribution in [0.1, 0.15) is 9.67 Å². The van der Waals surface area contributed by atoms with Gasteiger partial charge in [-0.1, -0.05) is 11.6 Å². The summed E-state index contributed by atoms with van der Waals surface area (Å²) < 4.78 is 2.39. The molecule has 0 unspecified atom stereocenters. The molecule has 0 aliphatic heterocycles. The standard InChI is InChI=1S/C12H7ClN2OS/c13-8-3-4-14-9-7-10(17-11(8)9)12(16)15-5-1-2-6-15/h1-7H. The fraction of sp³-hybridized carbons (Fsp3) is 0. The average Bonchev–Trinajstić information content (AvgIpc) is 2.98. The van der Waals surface area contributed by atoms with Gasteiger partial charge in [0.15, 0.2) is 0 Å². The van der Waals surface area contributed by atoms with E-state index >= 15 is 0 Å². The smallest absolute Gasteiger partial charge is 0.272 e. The Balaban J connectivity index is 2.13. The van der Waals surface area contributed by atoms with Gasteiger partial charge in [0.25, 0.3) is 5.91 Å². The summed E-state index contributed by atoms with van der Waals surface area (Å²) in [6, 6.07) is 7.13. The lowest BCUT2D eigenvalue weighted by molar-refractivity contribution is 0.0964. The van der Waals surface area contributed by atoms with Crippen molar-refractivity contribution >= 4 is 39.1 Å². The Morgan fingerprint density at radius 2 is 2.12 bits per heavy atom. The van der Waals surface area contributed by atoms with Gasteiger partial charge in [-0.05, 0) is 24.3 Å². The normalized spacial score (nSPS) is 10.9. The number of carbonyl (C=O) groups excluding carboxylic acids is 1. The minimum atomic E-state index is -0.0610. The number of hydrogen-bond donors (Lipinski definition) is 0. The van der Waals surface area contributed by atoms with Crippen molar-refractivity contribution in [3.63, 3.8) is 0 Å². The number of hydrogen-bond acceptors (Lipinski definition) is 3. The highest BCUT2D eigenvalue weighted by Crippen LogP contribution is 2.30. The molecule has 3 rings (SSSR count). The van der Waals surface area contributed by atoms with Crippen molar-refractivity contribution in [1.29, 1.82) is 0 Å². The minimum Gasteiger partial charge on any atom is -0.290 e. The Bertz CT molecular complexity index is 688. The molecule has 17 heavy (non-hydrogen) atoms. The molecular weight excluding hydrogens is 256 g/mol. The lowest BCUT2D eigenvalue weighted by Crippen LogP contribution is -2.06. The third kappa shape index (κ3) is 1.75. The van der Waals surface area contributed by atoms with Crippen LogP contribution in [-0.2, 0) is 0 Å². The van der Waals surface area contributed by atoms with Gasteiger partial charge < -0.3 is 0 Å². The Labute approximate surface area is 106 Å². The Morgan fingerprint density at radius 1 is 1.35 bits per heavy atom. The molecule has 0 radical (unpaired) electrons. The largest absolute Gasteiger partial charge is 0.290 e. The van der Waals surface area contributed by atoms with E-state index in [0.29, 0.717) is 9.90 Å². The highest BCUT2D eigenvalue weighted by atomic mass is 35.5. The maximum absolute atomic E-state index is 12.1. The van der Waals surface area contributed by atoms with E-state index in [1.807, 2.05) is 12.1 Å². The van der Waals surface area contributed by atoms with Crippen molar-refractivity contribution < 1.29 is 4.79 Å². The summed E-state index contributed by atoms with van der Waals surface area (Å²) in [4.78, 5) is 16.9. The van der Waals surface area contributed by atoms with Crippen molar-refractivity contribution in [2.24, 2.45) is 0 Å². The van der Waals surface area contributed by atoms with Crippen LogP contribution in [0.4, 0.5) is 0 Å². The molecule has 0 bridgehead atoms. The second-order valence-corrected chi connectivity index (χ2v) is 4.97. The van der Waals surface area contributed by atoms with Crippen molar-refractivity contribution in [3.05, 3.63) is 52.8 Å². The SMILES string of the molecule is O=C(c1cc2nccc(Cl)c2s1)n1cccc1. The first-order valence-electron chi connectivity index (χ1n) is 4.97. The quantitative estimate of drug-likeness (QED) is 0.673. The van der Waals surface area contributed by atoms with Crippen LogP contribution in [0.15, 0.2) is 42.9 Å². The molecule has 3 heterocycles. The molecule has 3 nitrogen and oxygen atoms in total. The lowest BCUT2D eigenvalue weighted by Gasteiger charge is -1.96. The van der Waals surface area contributed by atoms with E-state index in [1.54, 1.807) is 35.3 Å². The van der Waals surface area contributed by atoms with Crippen molar-refractivity contribution in [1.82, 2.24) is 9.55 Å². The summed E-state index contributed by atoms with van der Waals surface area (Å²) in [5, 5.41) is 0.631. The van der Waals surface area contributed by atoms with Gasteiger partial charge in [0.1, 0.15) is 0 Å². The zero-order valence-corrected chi connectivity index (χ0v) is 10.2. The number of halogens is 1. The molecule has 3 aromatic rings. The maximum Gasteiger partial charge on any atom is 0.272 e. The van der Waals surface area contributed by atoms with E-state index in [0.717, 1.165) is 10.2 Å². The number of carbonyl (C=O) groups is 1. The Morgan fingerprint density at radius 3 is 2.82 bits per heavy atom. The summed E-state index contributed by atoms with van der Waals surface area (Å²) in [6.45, 7) is 0. The van der Waals surface area contributed by atoms with Crippen LogP contribution < -0.4 is 0 Å². The molecule has 84 valence electrons. The van der Waals surface area contributed by atoms with Crippen molar-refractivity contribution in [2.45, 2.75) is 0 Å². The maximum atomic E-state index is 12.1. The number of pyridine rings is 1. The van der Waals surface area contributed by atoms with Crippen LogP contribution in [0, 0.1) is 0 Å². The molecule has 0 aliphatic rings. The predicted molar refractivity (Wildman–Crippen MR) is 68.8 cm³/mol. The van der Waals surface area contributed by atoms with Gasteiger partial charge in [-0.25, -0.2) is 0 Å². The molecule has 3 aromatic heterocycles. The number of aromatic nitrogens is 2. The van der Waals surface area contributed by atoms with E-state index in [9.17, 15) is 4.79 Å². The Hall–Kier alpha value is -1.65. The summed E-state index contributed by atoms with van der Waals surface area (Å²) >= 11 is 7.42. The number of rotatable bonds is 1. The van der Waals surface area contributed by atoms with Crippen molar-refractivity contribution in [3.8, 4) is 0 Å². The second kappa shape index (κ2) is 3.98. The third-order valence-electron chi connectivity index (χ3n) is 2.41. The van der Waals surface area contributed by atoms with Crippen LogP contribution in [0.5, 0.6) is 0 Å². The van der Waals surface area contributed by atoms with Crippen LogP contribution in [-0.4, -0.2) is 15.5 Å². The predicted octanol–water partition coefficient (Wildman–Crippen LogP) is 3.44. The number of nitrogens with zero attached hydrogens (tertiary/aromatic N) is 2. The summed E-state index contributed by atoms with van der Waals surface area (Å²) in [5.74, 6) is -0.0610. The fourth-order valence-corrected chi connectivity index (χ4v) is 2.84.